The van der Waals surface area contributed by atoms with E-state index in [1.54, 1.807) is 17.9 Å². The van der Waals surface area contributed by atoms with Crippen LogP contribution < -0.4 is 0 Å². The van der Waals surface area contributed by atoms with Crippen molar-refractivity contribution in [1.82, 2.24) is 4.90 Å². The SMILES string of the molecule is C=CCOCCCC(=O)N1CCC(C)(C(=O)O)C1. The maximum Gasteiger partial charge on any atom is 0.311 e. The van der Waals surface area contributed by atoms with Crippen molar-refractivity contribution in [2.75, 3.05) is 26.3 Å². The topological polar surface area (TPSA) is 66.8 Å². The molecule has 0 aromatic rings. The van der Waals surface area contributed by atoms with Crippen LogP contribution in [0.5, 0.6) is 0 Å². The van der Waals surface area contributed by atoms with Crippen molar-refractivity contribution in [3.63, 3.8) is 0 Å². The Bertz CT molecular complexity index is 329. The summed E-state index contributed by atoms with van der Waals surface area (Å²) in [5.74, 6) is -0.811. The lowest BCUT2D eigenvalue weighted by Gasteiger charge is -2.20. The van der Waals surface area contributed by atoms with Gasteiger partial charge in [0, 0.05) is 26.1 Å². The van der Waals surface area contributed by atoms with Gasteiger partial charge in [-0.25, -0.2) is 0 Å². The van der Waals surface area contributed by atoms with Gasteiger partial charge in [0.2, 0.25) is 5.91 Å². The van der Waals surface area contributed by atoms with Crippen molar-refractivity contribution in [2.24, 2.45) is 5.41 Å². The number of hydrogen-bond donors (Lipinski definition) is 1. The molecule has 1 amide bonds. The Morgan fingerprint density at radius 2 is 2.28 bits per heavy atom. The van der Waals surface area contributed by atoms with Crippen molar-refractivity contribution in [1.29, 1.82) is 0 Å². The summed E-state index contributed by atoms with van der Waals surface area (Å²) in [7, 11) is 0. The molecule has 0 spiro atoms. The fraction of sp³-hybridized carbons (Fsp3) is 0.692. The van der Waals surface area contributed by atoms with Crippen molar-refractivity contribution in [2.45, 2.75) is 26.2 Å². The van der Waals surface area contributed by atoms with Gasteiger partial charge in [-0.2, -0.15) is 0 Å². The standard InChI is InChI=1S/C13H21NO4/c1-3-8-18-9-4-5-11(15)14-7-6-13(2,10-14)12(16)17/h3H,1,4-10H2,2H3,(H,16,17). The highest BCUT2D eigenvalue weighted by atomic mass is 16.5. The number of nitrogens with zero attached hydrogens (tertiary/aromatic N) is 1. The van der Waals surface area contributed by atoms with Crippen LogP contribution in [0, 0.1) is 5.41 Å². The molecule has 1 aliphatic heterocycles. The first kappa shape index (κ1) is 14.7. The van der Waals surface area contributed by atoms with Crippen molar-refractivity contribution in [3.05, 3.63) is 12.7 Å². The third kappa shape index (κ3) is 3.84. The Labute approximate surface area is 107 Å². The van der Waals surface area contributed by atoms with Crippen LogP contribution in [0.4, 0.5) is 0 Å². The van der Waals surface area contributed by atoms with Crippen molar-refractivity contribution in [3.8, 4) is 0 Å². The molecule has 102 valence electrons. The summed E-state index contributed by atoms with van der Waals surface area (Å²) >= 11 is 0. The van der Waals surface area contributed by atoms with Crippen LogP contribution in [0.3, 0.4) is 0 Å². The van der Waals surface area contributed by atoms with Gasteiger partial charge < -0.3 is 14.7 Å². The number of carbonyl (C=O) groups is 2. The summed E-state index contributed by atoms with van der Waals surface area (Å²) in [6.07, 6.45) is 3.27. The fourth-order valence-electron chi connectivity index (χ4n) is 2.00. The van der Waals surface area contributed by atoms with Crippen LogP contribution in [0.2, 0.25) is 0 Å². The molecule has 1 rings (SSSR count). The predicted molar refractivity (Wildman–Crippen MR) is 67.2 cm³/mol. The molecule has 1 fully saturated rings. The summed E-state index contributed by atoms with van der Waals surface area (Å²) in [5.41, 5.74) is -0.783. The van der Waals surface area contributed by atoms with Crippen LogP contribution in [-0.4, -0.2) is 48.2 Å². The minimum Gasteiger partial charge on any atom is -0.481 e. The van der Waals surface area contributed by atoms with Crippen molar-refractivity contribution >= 4 is 11.9 Å². The second-order valence-corrected chi connectivity index (χ2v) is 4.90. The number of carboxylic acid groups (broad SMARTS) is 1. The number of hydrogen-bond acceptors (Lipinski definition) is 3. The van der Waals surface area contributed by atoms with E-state index in [1.165, 1.54) is 0 Å². The average molecular weight is 255 g/mol. The zero-order chi connectivity index (χ0) is 13.6. The van der Waals surface area contributed by atoms with Crippen LogP contribution in [0.15, 0.2) is 12.7 Å². The van der Waals surface area contributed by atoms with E-state index in [4.69, 9.17) is 9.84 Å². The van der Waals surface area contributed by atoms with Gasteiger partial charge in [-0.05, 0) is 19.8 Å². The average Bonchev–Trinajstić information content (AvgIpc) is 2.73. The second kappa shape index (κ2) is 6.54. The van der Waals surface area contributed by atoms with Crippen LogP contribution in [0.1, 0.15) is 26.2 Å². The van der Waals surface area contributed by atoms with E-state index in [0.717, 1.165) is 0 Å². The first-order valence-electron chi connectivity index (χ1n) is 6.19. The zero-order valence-electron chi connectivity index (χ0n) is 10.9. The van der Waals surface area contributed by atoms with Gasteiger partial charge in [0.15, 0.2) is 0 Å². The second-order valence-electron chi connectivity index (χ2n) is 4.90. The highest BCUT2D eigenvalue weighted by Crippen LogP contribution is 2.30. The normalized spacial score (nSPS) is 23.1. The lowest BCUT2D eigenvalue weighted by Crippen LogP contribution is -2.34. The number of aliphatic carboxylic acids is 1. The van der Waals surface area contributed by atoms with Gasteiger partial charge in [0.25, 0.3) is 0 Å². The van der Waals surface area contributed by atoms with E-state index in [1.807, 2.05) is 0 Å². The van der Waals surface area contributed by atoms with Crippen LogP contribution in [0.25, 0.3) is 0 Å². The Morgan fingerprint density at radius 3 is 2.83 bits per heavy atom. The Hall–Kier alpha value is -1.36. The minimum absolute atomic E-state index is 0.0159. The molecule has 1 aliphatic rings. The molecule has 1 N–H and O–H groups in total. The fourth-order valence-corrected chi connectivity index (χ4v) is 2.00. The number of amides is 1. The molecule has 0 saturated carbocycles. The summed E-state index contributed by atoms with van der Waals surface area (Å²) in [5, 5.41) is 9.08. The molecule has 1 saturated heterocycles. The van der Waals surface area contributed by atoms with E-state index in [2.05, 4.69) is 6.58 Å². The lowest BCUT2D eigenvalue weighted by atomic mass is 9.90. The number of rotatable bonds is 7. The molecule has 0 bridgehead atoms. The van der Waals surface area contributed by atoms with Gasteiger partial charge in [-0.1, -0.05) is 6.08 Å². The number of carbonyl (C=O) groups excluding carboxylic acids is 1. The molecule has 1 unspecified atom stereocenters. The smallest absolute Gasteiger partial charge is 0.311 e. The van der Waals surface area contributed by atoms with Gasteiger partial charge in [-0.15, -0.1) is 6.58 Å². The molecule has 0 aromatic carbocycles. The molecule has 1 heterocycles. The van der Waals surface area contributed by atoms with Gasteiger partial charge >= 0.3 is 5.97 Å². The lowest BCUT2D eigenvalue weighted by molar-refractivity contribution is -0.147. The summed E-state index contributed by atoms with van der Waals surface area (Å²) in [6, 6.07) is 0. The van der Waals surface area contributed by atoms with E-state index in [9.17, 15) is 9.59 Å². The number of carboxylic acids is 1. The van der Waals surface area contributed by atoms with E-state index < -0.39 is 11.4 Å². The highest BCUT2D eigenvalue weighted by molar-refractivity contribution is 5.80. The molecule has 0 aromatic heterocycles. The summed E-state index contributed by atoms with van der Waals surface area (Å²) in [6.45, 7) is 7.10. The number of likely N-dealkylation sites (tertiary alicyclic amines) is 1. The highest BCUT2D eigenvalue weighted by Gasteiger charge is 2.41. The molecule has 5 heteroatoms. The van der Waals surface area contributed by atoms with Gasteiger partial charge in [0.05, 0.1) is 12.0 Å². The van der Waals surface area contributed by atoms with Crippen molar-refractivity contribution < 1.29 is 19.4 Å². The molecule has 0 aliphatic carbocycles. The van der Waals surface area contributed by atoms with E-state index >= 15 is 0 Å². The Balaban J connectivity index is 2.28. The molecular formula is C13H21NO4. The predicted octanol–water partition coefficient (Wildman–Crippen LogP) is 1.29. The molecular weight excluding hydrogens is 234 g/mol. The molecule has 5 nitrogen and oxygen atoms in total. The van der Waals surface area contributed by atoms with E-state index in [-0.39, 0.29) is 5.91 Å². The Morgan fingerprint density at radius 1 is 1.56 bits per heavy atom. The maximum atomic E-state index is 11.8. The minimum atomic E-state index is -0.827. The monoisotopic (exact) mass is 255 g/mol. The third-order valence-corrected chi connectivity index (χ3v) is 3.26. The zero-order valence-corrected chi connectivity index (χ0v) is 10.9. The molecule has 1 atom stereocenters. The maximum absolute atomic E-state index is 11.8. The first-order valence-corrected chi connectivity index (χ1v) is 6.19. The Kier molecular flexibility index (Phi) is 5.34. The van der Waals surface area contributed by atoms with Gasteiger partial charge in [0.1, 0.15) is 0 Å². The van der Waals surface area contributed by atoms with E-state index in [0.29, 0.717) is 45.6 Å². The molecule has 0 radical (unpaired) electrons. The largest absolute Gasteiger partial charge is 0.481 e. The van der Waals surface area contributed by atoms with Crippen LogP contribution in [-0.2, 0) is 14.3 Å². The first-order chi connectivity index (χ1) is 8.49. The van der Waals surface area contributed by atoms with Crippen LogP contribution >= 0.6 is 0 Å². The van der Waals surface area contributed by atoms with Gasteiger partial charge in [-0.3, -0.25) is 9.59 Å². The number of ether oxygens (including phenoxy) is 1. The summed E-state index contributed by atoms with van der Waals surface area (Å²) < 4.78 is 5.19. The quantitative estimate of drug-likeness (QED) is 0.550. The molecule has 18 heavy (non-hydrogen) atoms. The third-order valence-electron chi connectivity index (χ3n) is 3.26. The summed E-state index contributed by atoms with van der Waals surface area (Å²) in [4.78, 5) is 24.5.